The van der Waals surface area contributed by atoms with Crippen LogP contribution in [-0.2, 0) is 0 Å². The molecule has 0 aliphatic heterocycles. The van der Waals surface area contributed by atoms with Crippen LogP contribution in [0, 0.1) is 0 Å². The second-order valence-electron chi connectivity index (χ2n) is 5.45. The summed E-state index contributed by atoms with van der Waals surface area (Å²) >= 11 is 12.4. The molecule has 19 heavy (non-hydrogen) atoms. The van der Waals surface area contributed by atoms with Crippen molar-refractivity contribution in [3.05, 3.63) is 42.0 Å². The number of benzene rings is 1. The summed E-state index contributed by atoms with van der Waals surface area (Å²) < 4.78 is -0.882. The van der Waals surface area contributed by atoms with Crippen molar-refractivity contribution in [3.8, 4) is 0 Å². The second-order valence-corrected chi connectivity index (χ2v) is 7.21. The van der Waals surface area contributed by atoms with Crippen LogP contribution in [0.2, 0.25) is 0 Å². The molecule has 0 aliphatic carbocycles. The van der Waals surface area contributed by atoms with Gasteiger partial charge in [-0.1, -0.05) is 53.5 Å². The maximum absolute atomic E-state index is 6.19. The lowest BCUT2D eigenvalue weighted by Gasteiger charge is -2.36. The van der Waals surface area contributed by atoms with Gasteiger partial charge >= 0.3 is 0 Å². The highest BCUT2D eigenvalue weighted by Gasteiger charge is 2.22. The van der Waals surface area contributed by atoms with Crippen LogP contribution in [0.1, 0.15) is 40.2 Å². The minimum Gasteiger partial charge on any atom is -0.366 e. The summed E-state index contributed by atoms with van der Waals surface area (Å²) in [6.45, 7) is 10.5. The molecule has 1 aromatic carbocycles. The van der Waals surface area contributed by atoms with Gasteiger partial charge in [-0.3, -0.25) is 0 Å². The summed E-state index contributed by atoms with van der Waals surface area (Å²) in [5.41, 5.74) is 2.22. The summed E-state index contributed by atoms with van der Waals surface area (Å²) in [7, 11) is 0. The third kappa shape index (κ3) is 5.08. The number of rotatable bonds is 5. The summed E-state index contributed by atoms with van der Waals surface area (Å²) in [4.78, 5) is 2.33. The number of alkyl halides is 2. The van der Waals surface area contributed by atoms with Gasteiger partial charge in [0.2, 0.25) is 0 Å². The van der Waals surface area contributed by atoms with Crippen LogP contribution in [0.25, 0.3) is 5.70 Å². The standard InChI is InChI=1S/C16H23Cl2N/c1-12(2)19(13(3)4)15(11-16(5,17)18)14-9-7-6-8-10-14/h6-13H,1-5H3/b15-11-. The molecule has 0 heterocycles. The number of allylic oxidation sites excluding steroid dienone is 1. The molecule has 0 fully saturated rings. The smallest absolute Gasteiger partial charge is 0.135 e. The maximum atomic E-state index is 6.19. The molecule has 0 radical (unpaired) electrons. The molecule has 1 aromatic rings. The van der Waals surface area contributed by atoms with Gasteiger partial charge in [0.15, 0.2) is 0 Å². The molecule has 0 atom stereocenters. The zero-order valence-corrected chi connectivity index (χ0v) is 13.8. The first kappa shape index (κ1) is 16.4. The Morgan fingerprint density at radius 3 is 1.89 bits per heavy atom. The van der Waals surface area contributed by atoms with Crippen LogP contribution in [0.3, 0.4) is 0 Å². The van der Waals surface area contributed by atoms with Crippen molar-refractivity contribution in [3.63, 3.8) is 0 Å². The van der Waals surface area contributed by atoms with E-state index >= 15 is 0 Å². The van der Waals surface area contributed by atoms with Crippen LogP contribution < -0.4 is 0 Å². The van der Waals surface area contributed by atoms with Gasteiger partial charge in [-0.15, -0.1) is 0 Å². The Morgan fingerprint density at radius 1 is 1.05 bits per heavy atom. The molecule has 0 bridgehead atoms. The Bertz CT molecular complexity index is 408. The van der Waals surface area contributed by atoms with Crippen LogP contribution in [-0.4, -0.2) is 21.3 Å². The number of hydrogen-bond acceptors (Lipinski definition) is 1. The van der Waals surface area contributed by atoms with Crippen molar-refractivity contribution < 1.29 is 0 Å². The molecule has 0 saturated heterocycles. The third-order valence-corrected chi connectivity index (χ3v) is 3.07. The molecule has 0 unspecified atom stereocenters. The molecule has 0 amide bonds. The molecule has 1 rings (SSSR count). The van der Waals surface area contributed by atoms with E-state index in [9.17, 15) is 0 Å². The predicted molar refractivity (Wildman–Crippen MR) is 86.6 cm³/mol. The molecule has 0 aliphatic rings. The summed E-state index contributed by atoms with van der Waals surface area (Å²) in [5, 5.41) is 0. The quantitative estimate of drug-likeness (QED) is 0.663. The van der Waals surface area contributed by atoms with Crippen molar-refractivity contribution in [2.24, 2.45) is 0 Å². The first-order valence-electron chi connectivity index (χ1n) is 6.67. The van der Waals surface area contributed by atoms with Gasteiger partial charge in [0.1, 0.15) is 4.33 Å². The van der Waals surface area contributed by atoms with E-state index in [2.05, 4.69) is 44.7 Å². The normalized spacial score (nSPS) is 13.2. The summed E-state index contributed by atoms with van der Waals surface area (Å²) in [6.07, 6.45) is 1.92. The van der Waals surface area contributed by atoms with Crippen molar-refractivity contribution in [2.45, 2.75) is 51.0 Å². The molecule has 1 nitrogen and oxygen atoms in total. The highest BCUT2D eigenvalue weighted by Crippen LogP contribution is 2.31. The molecule has 0 spiro atoms. The molecule has 106 valence electrons. The summed E-state index contributed by atoms with van der Waals surface area (Å²) in [6, 6.07) is 11.0. The van der Waals surface area contributed by atoms with Gasteiger partial charge in [0.05, 0.1) is 0 Å². The van der Waals surface area contributed by atoms with Crippen LogP contribution in [0.15, 0.2) is 36.4 Å². The minimum absolute atomic E-state index is 0.377. The Morgan fingerprint density at radius 2 is 1.53 bits per heavy atom. The Hall–Kier alpha value is -0.660. The van der Waals surface area contributed by atoms with Gasteiger partial charge in [-0.05, 0) is 46.3 Å². The van der Waals surface area contributed by atoms with Gasteiger partial charge in [0, 0.05) is 17.8 Å². The molecular formula is C16H23Cl2N. The first-order valence-corrected chi connectivity index (χ1v) is 7.42. The van der Waals surface area contributed by atoms with Crippen molar-refractivity contribution in [1.82, 2.24) is 4.90 Å². The average Bonchev–Trinajstić information content (AvgIpc) is 2.26. The van der Waals surface area contributed by atoms with Crippen LogP contribution in [0.4, 0.5) is 0 Å². The number of halogens is 2. The molecule has 0 saturated carbocycles. The monoisotopic (exact) mass is 299 g/mol. The van der Waals surface area contributed by atoms with Gasteiger partial charge in [0.25, 0.3) is 0 Å². The molecule has 0 aromatic heterocycles. The minimum atomic E-state index is -0.882. The van der Waals surface area contributed by atoms with E-state index in [1.807, 2.05) is 24.3 Å². The first-order chi connectivity index (χ1) is 8.72. The van der Waals surface area contributed by atoms with Gasteiger partial charge in [-0.25, -0.2) is 0 Å². The predicted octanol–water partition coefficient (Wildman–Crippen LogP) is 5.34. The van der Waals surface area contributed by atoms with Gasteiger partial charge < -0.3 is 4.90 Å². The zero-order chi connectivity index (χ0) is 14.6. The lowest BCUT2D eigenvalue weighted by Crippen LogP contribution is -2.36. The fourth-order valence-corrected chi connectivity index (χ4v) is 2.52. The highest BCUT2D eigenvalue weighted by atomic mass is 35.5. The average molecular weight is 300 g/mol. The lowest BCUT2D eigenvalue weighted by molar-refractivity contribution is 0.273. The molecular weight excluding hydrogens is 277 g/mol. The highest BCUT2D eigenvalue weighted by molar-refractivity contribution is 6.49. The lowest BCUT2D eigenvalue weighted by atomic mass is 10.1. The van der Waals surface area contributed by atoms with Crippen molar-refractivity contribution >= 4 is 28.9 Å². The second kappa shape index (κ2) is 6.67. The van der Waals surface area contributed by atoms with Crippen LogP contribution >= 0.6 is 23.2 Å². The van der Waals surface area contributed by atoms with E-state index in [1.54, 1.807) is 6.92 Å². The fraction of sp³-hybridized carbons (Fsp3) is 0.500. The Balaban J connectivity index is 3.31. The number of nitrogens with zero attached hydrogens (tertiary/aromatic N) is 1. The Labute approximate surface area is 127 Å². The Kier molecular flexibility index (Phi) is 5.76. The van der Waals surface area contributed by atoms with E-state index in [0.29, 0.717) is 12.1 Å². The maximum Gasteiger partial charge on any atom is 0.135 e. The van der Waals surface area contributed by atoms with Crippen molar-refractivity contribution in [2.75, 3.05) is 0 Å². The summed E-state index contributed by atoms with van der Waals surface area (Å²) in [5.74, 6) is 0. The number of hydrogen-bond donors (Lipinski definition) is 0. The van der Waals surface area contributed by atoms with Crippen LogP contribution in [0.5, 0.6) is 0 Å². The fourth-order valence-electron chi connectivity index (χ4n) is 2.31. The van der Waals surface area contributed by atoms with E-state index in [0.717, 1.165) is 11.3 Å². The SMILES string of the molecule is CC(C)N(/C(=C\C(C)(Cl)Cl)c1ccccc1)C(C)C. The van der Waals surface area contributed by atoms with E-state index in [-0.39, 0.29) is 0 Å². The zero-order valence-electron chi connectivity index (χ0n) is 12.3. The van der Waals surface area contributed by atoms with E-state index < -0.39 is 4.33 Å². The van der Waals surface area contributed by atoms with Gasteiger partial charge in [-0.2, -0.15) is 0 Å². The third-order valence-electron chi connectivity index (χ3n) is 2.85. The van der Waals surface area contributed by atoms with E-state index in [1.165, 1.54) is 0 Å². The van der Waals surface area contributed by atoms with Crippen molar-refractivity contribution in [1.29, 1.82) is 0 Å². The molecule has 0 N–H and O–H groups in total. The molecule has 3 heteroatoms. The largest absolute Gasteiger partial charge is 0.366 e. The topological polar surface area (TPSA) is 3.24 Å². The van der Waals surface area contributed by atoms with E-state index in [4.69, 9.17) is 23.2 Å².